The average molecular weight is 377 g/mol. The summed E-state index contributed by atoms with van der Waals surface area (Å²) < 4.78 is 0. The lowest BCUT2D eigenvalue weighted by molar-refractivity contribution is -0.136. The molecule has 1 saturated heterocycles. The van der Waals surface area contributed by atoms with Crippen molar-refractivity contribution in [1.82, 2.24) is 10.2 Å². The third-order valence-corrected chi connectivity index (χ3v) is 5.88. The highest BCUT2D eigenvalue weighted by Gasteiger charge is 2.32. The Kier molecular flexibility index (Phi) is 5.44. The van der Waals surface area contributed by atoms with Crippen molar-refractivity contribution in [3.05, 3.63) is 65.2 Å². The van der Waals surface area contributed by atoms with E-state index in [0.717, 1.165) is 18.7 Å². The van der Waals surface area contributed by atoms with E-state index in [2.05, 4.69) is 22.8 Å². The average Bonchev–Trinajstić information content (AvgIpc) is 2.74. The molecule has 2 aliphatic rings. The highest BCUT2D eigenvalue weighted by Crippen LogP contribution is 2.22. The van der Waals surface area contributed by atoms with Crippen LogP contribution >= 0.6 is 0 Å². The summed E-state index contributed by atoms with van der Waals surface area (Å²) in [6.45, 7) is 4.05. The Morgan fingerprint density at radius 3 is 2.39 bits per heavy atom. The fourth-order valence-electron chi connectivity index (χ4n) is 4.09. The van der Waals surface area contributed by atoms with Gasteiger partial charge in [-0.3, -0.25) is 9.59 Å². The van der Waals surface area contributed by atoms with Crippen molar-refractivity contribution in [2.45, 2.75) is 38.8 Å². The minimum atomic E-state index is -0.159. The van der Waals surface area contributed by atoms with Gasteiger partial charge in [0.2, 0.25) is 11.8 Å². The van der Waals surface area contributed by atoms with E-state index in [1.54, 1.807) is 0 Å². The van der Waals surface area contributed by atoms with Crippen LogP contribution in [0.25, 0.3) is 0 Å². The summed E-state index contributed by atoms with van der Waals surface area (Å²) in [5, 5.41) is 6.38. The molecule has 2 heterocycles. The standard InChI is InChI=1S/C23H27N3O2/c1-16-6-8-20(9-7-16)25-22(27)17-10-12-26(13-11-17)23(28)21-14-18-4-2-3-5-19(18)15-24-21/h2-9,17,21,24H,10-15H2,1H3,(H,25,27)/t21-/m1/s1. The van der Waals surface area contributed by atoms with Crippen LogP contribution < -0.4 is 10.6 Å². The third-order valence-electron chi connectivity index (χ3n) is 5.88. The second-order valence-corrected chi connectivity index (χ2v) is 7.86. The lowest BCUT2D eigenvalue weighted by atomic mass is 9.92. The predicted molar refractivity (Wildman–Crippen MR) is 110 cm³/mol. The molecule has 2 aliphatic heterocycles. The van der Waals surface area contributed by atoms with Crippen LogP contribution in [0.1, 0.15) is 29.5 Å². The predicted octanol–water partition coefficient (Wildman–Crippen LogP) is 2.89. The lowest BCUT2D eigenvalue weighted by Gasteiger charge is -2.35. The molecule has 2 amide bonds. The molecule has 0 unspecified atom stereocenters. The summed E-state index contributed by atoms with van der Waals surface area (Å²) >= 11 is 0. The molecule has 0 spiro atoms. The largest absolute Gasteiger partial charge is 0.341 e. The highest BCUT2D eigenvalue weighted by molar-refractivity contribution is 5.92. The van der Waals surface area contributed by atoms with Crippen LogP contribution in [0.4, 0.5) is 5.69 Å². The molecule has 5 nitrogen and oxygen atoms in total. The first-order chi connectivity index (χ1) is 13.6. The monoisotopic (exact) mass is 377 g/mol. The highest BCUT2D eigenvalue weighted by atomic mass is 16.2. The minimum absolute atomic E-state index is 0.0367. The molecular formula is C23H27N3O2. The Morgan fingerprint density at radius 1 is 1.00 bits per heavy atom. The van der Waals surface area contributed by atoms with Crippen LogP contribution in [0.3, 0.4) is 0 Å². The van der Waals surface area contributed by atoms with E-state index in [-0.39, 0.29) is 23.8 Å². The van der Waals surface area contributed by atoms with Gasteiger partial charge in [0.25, 0.3) is 0 Å². The van der Waals surface area contributed by atoms with Crippen molar-refractivity contribution in [2.24, 2.45) is 5.92 Å². The molecule has 28 heavy (non-hydrogen) atoms. The molecule has 5 heteroatoms. The van der Waals surface area contributed by atoms with Crippen LogP contribution in [0.15, 0.2) is 48.5 Å². The molecule has 0 saturated carbocycles. The van der Waals surface area contributed by atoms with Gasteiger partial charge in [-0.2, -0.15) is 0 Å². The number of hydrogen-bond acceptors (Lipinski definition) is 3. The number of nitrogens with one attached hydrogen (secondary N) is 2. The number of anilines is 1. The Balaban J connectivity index is 1.29. The van der Waals surface area contributed by atoms with Crippen molar-refractivity contribution in [3.63, 3.8) is 0 Å². The second-order valence-electron chi connectivity index (χ2n) is 7.86. The van der Waals surface area contributed by atoms with Gasteiger partial charge in [-0.15, -0.1) is 0 Å². The van der Waals surface area contributed by atoms with Gasteiger partial charge in [-0.1, -0.05) is 42.0 Å². The Labute approximate surface area is 166 Å². The molecule has 0 aromatic heterocycles. The summed E-state index contributed by atoms with van der Waals surface area (Å²) in [4.78, 5) is 27.4. The van der Waals surface area contributed by atoms with Gasteiger partial charge >= 0.3 is 0 Å². The number of fused-ring (bicyclic) bond motifs is 1. The summed E-state index contributed by atoms with van der Waals surface area (Å²) in [6, 6.07) is 16.0. The fourth-order valence-corrected chi connectivity index (χ4v) is 4.09. The fraction of sp³-hybridized carbons (Fsp3) is 0.391. The third kappa shape index (κ3) is 4.09. The number of benzene rings is 2. The SMILES string of the molecule is Cc1ccc(NC(=O)C2CCN(C(=O)[C@H]3Cc4ccccc4CN3)CC2)cc1. The van der Waals surface area contributed by atoms with E-state index in [9.17, 15) is 9.59 Å². The molecule has 4 rings (SSSR count). The number of piperidine rings is 1. The number of amides is 2. The van der Waals surface area contributed by atoms with Crippen molar-refractivity contribution in [1.29, 1.82) is 0 Å². The van der Waals surface area contributed by atoms with Gasteiger partial charge < -0.3 is 15.5 Å². The zero-order chi connectivity index (χ0) is 19.5. The number of hydrogen-bond donors (Lipinski definition) is 2. The van der Waals surface area contributed by atoms with E-state index >= 15 is 0 Å². The van der Waals surface area contributed by atoms with Gasteiger partial charge in [-0.05, 0) is 49.4 Å². The number of carbonyl (C=O) groups excluding carboxylic acids is 2. The summed E-state index contributed by atoms with van der Waals surface area (Å²) in [5.41, 5.74) is 4.54. The van der Waals surface area contributed by atoms with Crippen molar-refractivity contribution < 1.29 is 9.59 Å². The Morgan fingerprint density at radius 2 is 1.68 bits per heavy atom. The van der Waals surface area contributed by atoms with Gasteiger partial charge in [0.15, 0.2) is 0 Å². The van der Waals surface area contributed by atoms with E-state index in [1.807, 2.05) is 48.2 Å². The van der Waals surface area contributed by atoms with E-state index in [1.165, 1.54) is 16.7 Å². The molecule has 2 N–H and O–H groups in total. The maximum atomic E-state index is 12.9. The molecular weight excluding hydrogens is 350 g/mol. The zero-order valence-corrected chi connectivity index (χ0v) is 16.3. The quantitative estimate of drug-likeness (QED) is 0.865. The lowest BCUT2D eigenvalue weighted by Crippen LogP contribution is -2.52. The summed E-state index contributed by atoms with van der Waals surface area (Å²) in [5.74, 6) is 0.179. The van der Waals surface area contributed by atoms with Crippen LogP contribution in [0.2, 0.25) is 0 Å². The molecule has 1 fully saturated rings. The van der Waals surface area contributed by atoms with E-state index in [0.29, 0.717) is 25.9 Å². The summed E-state index contributed by atoms with van der Waals surface area (Å²) in [7, 11) is 0. The van der Waals surface area contributed by atoms with Crippen molar-refractivity contribution in [3.8, 4) is 0 Å². The maximum absolute atomic E-state index is 12.9. The van der Waals surface area contributed by atoms with Crippen LogP contribution in [0, 0.1) is 12.8 Å². The number of nitrogens with zero attached hydrogens (tertiary/aromatic N) is 1. The van der Waals surface area contributed by atoms with Gasteiger partial charge in [0.05, 0.1) is 6.04 Å². The smallest absolute Gasteiger partial charge is 0.240 e. The van der Waals surface area contributed by atoms with Gasteiger partial charge in [0.1, 0.15) is 0 Å². The number of carbonyl (C=O) groups is 2. The minimum Gasteiger partial charge on any atom is -0.341 e. The van der Waals surface area contributed by atoms with Crippen LogP contribution in [0.5, 0.6) is 0 Å². The number of aryl methyl sites for hydroxylation is 1. The topological polar surface area (TPSA) is 61.4 Å². The van der Waals surface area contributed by atoms with Crippen LogP contribution in [-0.4, -0.2) is 35.8 Å². The van der Waals surface area contributed by atoms with Crippen LogP contribution in [-0.2, 0) is 22.6 Å². The first kappa shape index (κ1) is 18.7. The molecule has 0 aliphatic carbocycles. The second kappa shape index (κ2) is 8.15. The normalized spacial score (nSPS) is 19.8. The molecule has 146 valence electrons. The first-order valence-corrected chi connectivity index (χ1v) is 10.1. The van der Waals surface area contributed by atoms with Gasteiger partial charge in [0, 0.05) is 31.2 Å². The summed E-state index contributed by atoms with van der Waals surface area (Å²) in [6.07, 6.45) is 2.17. The molecule has 1 atom stereocenters. The van der Waals surface area contributed by atoms with Crippen molar-refractivity contribution in [2.75, 3.05) is 18.4 Å². The Bertz CT molecular complexity index is 854. The first-order valence-electron chi connectivity index (χ1n) is 10.1. The van der Waals surface area contributed by atoms with Crippen molar-refractivity contribution >= 4 is 17.5 Å². The van der Waals surface area contributed by atoms with Gasteiger partial charge in [-0.25, -0.2) is 0 Å². The molecule has 2 aromatic carbocycles. The molecule has 0 bridgehead atoms. The number of rotatable bonds is 3. The number of likely N-dealkylation sites (tertiary alicyclic amines) is 1. The molecule has 0 radical (unpaired) electrons. The maximum Gasteiger partial charge on any atom is 0.240 e. The van der Waals surface area contributed by atoms with E-state index in [4.69, 9.17) is 0 Å². The zero-order valence-electron chi connectivity index (χ0n) is 16.3. The molecule has 2 aromatic rings. The Hall–Kier alpha value is -2.66. The van der Waals surface area contributed by atoms with E-state index < -0.39 is 0 Å².